The Labute approximate surface area is 92.6 Å². The highest BCUT2D eigenvalue weighted by molar-refractivity contribution is 5.75. The highest BCUT2D eigenvalue weighted by Crippen LogP contribution is 2.25. The Balaban J connectivity index is 3.08. The number of hydrogen-bond acceptors (Lipinski definition) is 5. The molecule has 1 aromatic carbocycles. The summed E-state index contributed by atoms with van der Waals surface area (Å²) < 4.78 is 5.22. The number of nitrogen functional groups attached to an aromatic ring is 1. The molecule has 1 atom stereocenters. The predicted molar refractivity (Wildman–Crippen MR) is 58.0 cm³/mol. The fourth-order valence-corrected chi connectivity index (χ4v) is 1.26. The second kappa shape index (κ2) is 5.34. The largest absolute Gasteiger partial charge is 0.494 e. The summed E-state index contributed by atoms with van der Waals surface area (Å²) in [7, 11) is 0. The van der Waals surface area contributed by atoms with Crippen LogP contribution in [-0.2, 0) is 4.79 Å². The first kappa shape index (κ1) is 12.3. The molecule has 0 aliphatic rings. The average Bonchev–Trinajstić information content (AvgIpc) is 2.27. The maximum Gasteiger partial charge on any atom is 0.337 e. The minimum Gasteiger partial charge on any atom is -0.494 e. The van der Waals surface area contributed by atoms with E-state index in [2.05, 4.69) is 5.43 Å². The molecule has 0 spiro atoms. The Morgan fingerprint density at radius 3 is 2.75 bits per heavy atom. The number of aliphatic carboxylic acids is 1. The normalized spacial score (nSPS) is 11.9. The van der Waals surface area contributed by atoms with Crippen molar-refractivity contribution in [1.82, 2.24) is 0 Å². The molecule has 0 bridgehead atoms. The number of aliphatic hydroxyl groups excluding tert-OH is 1. The maximum atomic E-state index is 10.6. The number of hydrogen-bond donors (Lipinski definition) is 4. The number of aliphatic hydroxyl groups is 1. The van der Waals surface area contributed by atoms with E-state index in [1.807, 2.05) is 0 Å². The van der Waals surface area contributed by atoms with Gasteiger partial charge < -0.3 is 20.4 Å². The summed E-state index contributed by atoms with van der Waals surface area (Å²) >= 11 is 0. The van der Waals surface area contributed by atoms with Gasteiger partial charge in [-0.3, -0.25) is 5.84 Å². The van der Waals surface area contributed by atoms with Crippen LogP contribution in [0.15, 0.2) is 18.2 Å². The maximum absolute atomic E-state index is 10.6. The SMILES string of the molecule is CCOc1cc(NN)cc(C(O)C(=O)O)c1. The van der Waals surface area contributed by atoms with Crippen LogP contribution < -0.4 is 16.0 Å². The molecule has 0 fully saturated rings. The Kier molecular flexibility index (Phi) is 4.10. The third-order valence-corrected chi connectivity index (χ3v) is 1.96. The van der Waals surface area contributed by atoms with E-state index in [0.29, 0.717) is 18.0 Å². The fraction of sp³-hybridized carbons (Fsp3) is 0.300. The van der Waals surface area contributed by atoms with Crippen LogP contribution in [0, 0.1) is 0 Å². The van der Waals surface area contributed by atoms with E-state index in [-0.39, 0.29) is 5.56 Å². The Hall–Kier alpha value is -1.79. The quantitative estimate of drug-likeness (QED) is 0.430. The number of nitrogens with one attached hydrogen (secondary N) is 1. The van der Waals surface area contributed by atoms with Gasteiger partial charge >= 0.3 is 5.97 Å². The highest BCUT2D eigenvalue weighted by Gasteiger charge is 2.17. The number of carbonyl (C=O) groups is 1. The molecule has 6 heteroatoms. The minimum atomic E-state index is -1.59. The van der Waals surface area contributed by atoms with Gasteiger partial charge in [-0.2, -0.15) is 0 Å². The van der Waals surface area contributed by atoms with E-state index in [0.717, 1.165) is 0 Å². The molecule has 0 heterocycles. The fourth-order valence-electron chi connectivity index (χ4n) is 1.26. The molecule has 0 saturated carbocycles. The van der Waals surface area contributed by atoms with Gasteiger partial charge in [0.1, 0.15) is 5.75 Å². The first-order valence-electron chi connectivity index (χ1n) is 4.73. The van der Waals surface area contributed by atoms with Gasteiger partial charge in [-0.15, -0.1) is 0 Å². The van der Waals surface area contributed by atoms with Gasteiger partial charge in [0, 0.05) is 6.07 Å². The Morgan fingerprint density at radius 1 is 1.56 bits per heavy atom. The van der Waals surface area contributed by atoms with E-state index in [1.165, 1.54) is 12.1 Å². The summed E-state index contributed by atoms with van der Waals surface area (Å²) in [5.41, 5.74) is 3.06. The van der Waals surface area contributed by atoms with Crippen molar-refractivity contribution in [3.63, 3.8) is 0 Å². The number of rotatable bonds is 5. The van der Waals surface area contributed by atoms with Crippen LogP contribution in [0.4, 0.5) is 5.69 Å². The van der Waals surface area contributed by atoms with Crippen molar-refractivity contribution in [3.8, 4) is 5.75 Å². The second-order valence-corrected chi connectivity index (χ2v) is 3.11. The van der Waals surface area contributed by atoms with Crippen molar-refractivity contribution < 1.29 is 19.7 Å². The number of carboxylic acids is 1. The van der Waals surface area contributed by atoms with Crippen molar-refractivity contribution in [2.75, 3.05) is 12.0 Å². The lowest BCUT2D eigenvalue weighted by atomic mass is 10.1. The molecule has 16 heavy (non-hydrogen) atoms. The number of nitrogens with two attached hydrogens (primary N) is 1. The smallest absolute Gasteiger partial charge is 0.337 e. The van der Waals surface area contributed by atoms with Crippen LogP contribution in [-0.4, -0.2) is 22.8 Å². The lowest BCUT2D eigenvalue weighted by molar-refractivity contribution is -0.146. The molecule has 0 saturated heterocycles. The lowest BCUT2D eigenvalue weighted by Gasteiger charge is -2.11. The molecule has 1 aromatic rings. The van der Waals surface area contributed by atoms with Crippen molar-refractivity contribution in [2.45, 2.75) is 13.0 Å². The van der Waals surface area contributed by atoms with Crippen molar-refractivity contribution in [1.29, 1.82) is 0 Å². The third-order valence-electron chi connectivity index (χ3n) is 1.96. The van der Waals surface area contributed by atoms with E-state index in [4.69, 9.17) is 15.7 Å². The van der Waals surface area contributed by atoms with Crippen LogP contribution in [0.2, 0.25) is 0 Å². The molecule has 5 N–H and O–H groups in total. The Morgan fingerprint density at radius 2 is 2.25 bits per heavy atom. The molecule has 88 valence electrons. The van der Waals surface area contributed by atoms with E-state index in [9.17, 15) is 9.90 Å². The second-order valence-electron chi connectivity index (χ2n) is 3.11. The number of benzene rings is 1. The zero-order valence-corrected chi connectivity index (χ0v) is 8.80. The van der Waals surface area contributed by atoms with Crippen LogP contribution in [0.25, 0.3) is 0 Å². The summed E-state index contributed by atoms with van der Waals surface area (Å²) in [6.07, 6.45) is -1.59. The summed E-state index contributed by atoms with van der Waals surface area (Å²) in [5.74, 6) is 4.35. The summed E-state index contributed by atoms with van der Waals surface area (Å²) in [4.78, 5) is 10.6. The van der Waals surface area contributed by atoms with Crippen LogP contribution >= 0.6 is 0 Å². The number of carboxylic acid groups (broad SMARTS) is 1. The van der Waals surface area contributed by atoms with E-state index >= 15 is 0 Å². The summed E-state index contributed by atoms with van der Waals surface area (Å²) in [6.45, 7) is 2.24. The molecule has 0 radical (unpaired) electrons. The van der Waals surface area contributed by atoms with E-state index in [1.54, 1.807) is 13.0 Å². The van der Waals surface area contributed by atoms with Crippen molar-refractivity contribution >= 4 is 11.7 Å². The standard InChI is InChI=1S/C10H14N2O4/c1-2-16-8-4-6(9(13)10(14)15)3-7(5-8)12-11/h3-5,9,12-13H,2,11H2,1H3,(H,14,15). The predicted octanol–water partition coefficient (Wildman–Crippen LogP) is 0.489. The molecular weight excluding hydrogens is 212 g/mol. The van der Waals surface area contributed by atoms with Gasteiger partial charge in [0.15, 0.2) is 6.10 Å². The minimum absolute atomic E-state index is 0.214. The lowest BCUT2D eigenvalue weighted by Crippen LogP contribution is -2.13. The number of hydrazine groups is 1. The first-order chi connectivity index (χ1) is 7.58. The molecule has 0 aliphatic carbocycles. The molecular formula is C10H14N2O4. The van der Waals surface area contributed by atoms with Crippen molar-refractivity contribution in [2.24, 2.45) is 5.84 Å². The zero-order valence-electron chi connectivity index (χ0n) is 8.80. The summed E-state index contributed by atoms with van der Waals surface area (Å²) in [6, 6.07) is 4.52. The van der Waals surface area contributed by atoms with Crippen LogP contribution in [0.1, 0.15) is 18.6 Å². The van der Waals surface area contributed by atoms with Crippen LogP contribution in [0.5, 0.6) is 5.75 Å². The molecule has 0 amide bonds. The van der Waals surface area contributed by atoms with Gasteiger partial charge in [-0.05, 0) is 24.6 Å². The third kappa shape index (κ3) is 2.85. The van der Waals surface area contributed by atoms with Crippen LogP contribution in [0.3, 0.4) is 0 Å². The summed E-state index contributed by atoms with van der Waals surface area (Å²) in [5, 5.41) is 18.1. The molecule has 6 nitrogen and oxygen atoms in total. The monoisotopic (exact) mass is 226 g/mol. The molecule has 0 aliphatic heterocycles. The average molecular weight is 226 g/mol. The van der Waals surface area contributed by atoms with Gasteiger partial charge in [-0.25, -0.2) is 4.79 Å². The van der Waals surface area contributed by atoms with E-state index < -0.39 is 12.1 Å². The first-order valence-corrected chi connectivity index (χ1v) is 4.73. The van der Waals surface area contributed by atoms with Gasteiger partial charge in [-0.1, -0.05) is 0 Å². The number of anilines is 1. The zero-order chi connectivity index (χ0) is 12.1. The van der Waals surface area contributed by atoms with Gasteiger partial charge in [0.25, 0.3) is 0 Å². The highest BCUT2D eigenvalue weighted by atomic mass is 16.5. The van der Waals surface area contributed by atoms with Gasteiger partial charge in [0.2, 0.25) is 0 Å². The molecule has 1 unspecified atom stereocenters. The van der Waals surface area contributed by atoms with Gasteiger partial charge in [0.05, 0.1) is 12.3 Å². The molecule has 1 rings (SSSR count). The van der Waals surface area contributed by atoms with Crippen molar-refractivity contribution in [3.05, 3.63) is 23.8 Å². The molecule has 0 aromatic heterocycles. The topological polar surface area (TPSA) is 105 Å². The number of ether oxygens (including phenoxy) is 1. The Bertz CT molecular complexity index is 381.